The van der Waals surface area contributed by atoms with Gasteiger partial charge in [0.1, 0.15) is 5.03 Å². The normalized spacial score (nSPS) is 18.0. The number of thioether (sulfide) groups is 1. The fourth-order valence-electron chi connectivity index (χ4n) is 1.44. The first kappa shape index (κ1) is 11.7. The standard InChI is InChI=1S/C10H11BrClNOS/c11-9-5-7(12)6-13-10(9)15-8-1-3-14-4-2-8/h5-6,8H,1-4H2. The number of halogens is 2. The molecule has 82 valence electrons. The van der Waals surface area contributed by atoms with Crippen molar-refractivity contribution in [2.45, 2.75) is 23.1 Å². The minimum Gasteiger partial charge on any atom is -0.381 e. The van der Waals surface area contributed by atoms with Crippen LogP contribution in [0.3, 0.4) is 0 Å². The topological polar surface area (TPSA) is 22.1 Å². The number of rotatable bonds is 2. The molecule has 0 unspecified atom stereocenters. The van der Waals surface area contributed by atoms with Crippen LogP contribution in [0, 0.1) is 0 Å². The Morgan fingerprint density at radius 1 is 1.47 bits per heavy atom. The van der Waals surface area contributed by atoms with E-state index < -0.39 is 0 Å². The van der Waals surface area contributed by atoms with Crippen LogP contribution in [-0.4, -0.2) is 23.4 Å². The van der Waals surface area contributed by atoms with Crippen LogP contribution in [-0.2, 0) is 4.74 Å². The molecule has 1 aliphatic heterocycles. The minimum absolute atomic E-state index is 0.615. The van der Waals surface area contributed by atoms with E-state index in [2.05, 4.69) is 20.9 Å². The number of nitrogens with zero attached hydrogens (tertiary/aromatic N) is 1. The second-order valence-corrected chi connectivity index (χ2v) is 5.95. The van der Waals surface area contributed by atoms with Gasteiger partial charge in [0.25, 0.3) is 0 Å². The van der Waals surface area contributed by atoms with Gasteiger partial charge in [0.05, 0.1) is 9.50 Å². The van der Waals surface area contributed by atoms with Gasteiger partial charge in [0, 0.05) is 24.7 Å². The number of hydrogen-bond acceptors (Lipinski definition) is 3. The number of aromatic nitrogens is 1. The Morgan fingerprint density at radius 2 is 2.20 bits per heavy atom. The predicted octanol–water partition coefficient (Wildman–Crippen LogP) is 3.77. The number of ether oxygens (including phenoxy) is 1. The van der Waals surface area contributed by atoms with Gasteiger partial charge in [-0.15, -0.1) is 11.8 Å². The Hall–Kier alpha value is 0.230. The van der Waals surface area contributed by atoms with E-state index in [-0.39, 0.29) is 0 Å². The van der Waals surface area contributed by atoms with Crippen molar-refractivity contribution in [3.8, 4) is 0 Å². The van der Waals surface area contributed by atoms with Crippen LogP contribution < -0.4 is 0 Å². The first-order chi connectivity index (χ1) is 7.25. The Kier molecular flexibility index (Phi) is 4.31. The van der Waals surface area contributed by atoms with Crippen molar-refractivity contribution in [1.82, 2.24) is 4.98 Å². The van der Waals surface area contributed by atoms with Crippen LogP contribution >= 0.6 is 39.3 Å². The molecule has 2 heterocycles. The maximum Gasteiger partial charge on any atom is 0.111 e. The summed E-state index contributed by atoms with van der Waals surface area (Å²) in [5.74, 6) is 0. The maximum atomic E-state index is 5.84. The summed E-state index contributed by atoms with van der Waals surface area (Å²) < 4.78 is 6.30. The second-order valence-electron chi connectivity index (χ2n) is 3.37. The highest BCUT2D eigenvalue weighted by Crippen LogP contribution is 2.33. The third-order valence-electron chi connectivity index (χ3n) is 2.22. The molecular weight excluding hydrogens is 298 g/mol. The third-order valence-corrected chi connectivity index (χ3v) is 4.65. The van der Waals surface area contributed by atoms with Crippen molar-refractivity contribution < 1.29 is 4.74 Å². The van der Waals surface area contributed by atoms with E-state index >= 15 is 0 Å². The first-order valence-electron chi connectivity index (χ1n) is 4.81. The number of pyridine rings is 1. The zero-order chi connectivity index (χ0) is 10.7. The zero-order valence-electron chi connectivity index (χ0n) is 8.08. The average molecular weight is 309 g/mol. The molecule has 0 amide bonds. The lowest BCUT2D eigenvalue weighted by Gasteiger charge is -2.21. The predicted molar refractivity (Wildman–Crippen MR) is 66.6 cm³/mol. The van der Waals surface area contributed by atoms with Gasteiger partial charge in [0.2, 0.25) is 0 Å². The highest BCUT2D eigenvalue weighted by molar-refractivity contribution is 9.10. The van der Waals surface area contributed by atoms with Crippen molar-refractivity contribution in [2.24, 2.45) is 0 Å². The maximum absolute atomic E-state index is 5.84. The van der Waals surface area contributed by atoms with Gasteiger partial charge in [-0.2, -0.15) is 0 Å². The summed E-state index contributed by atoms with van der Waals surface area (Å²) in [7, 11) is 0. The zero-order valence-corrected chi connectivity index (χ0v) is 11.2. The van der Waals surface area contributed by atoms with Crippen LogP contribution in [0.4, 0.5) is 0 Å². The molecule has 15 heavy (non-hydrogen) atoms. The minimum atomic E-state index is 0.615. The fourth-order valence-corrected chi connectivity index (χ4v) is 3.39. The van der Waals surface area contributed by atoms with Crippen LogP contribution in [0.25, 0.3) is 0 Å². The largest absolute Gasteiger partial charge is 0.381 e. The number of hydrogen-bond donors (Lipinski definition) is 0. The molecular formula is C10H11BrClNOS. The van der Waals surface area contributed by atoms with E-state index in [1.165, 1.54) is 0 Å². The van der Waals surface area contributed by atoms with E-state index in [1.807, 2.05) is 6.07 Å². The van der Waals surface area contributed by atoms with Crippen molar-refractivity contribution in [3.63, 3.8) is 0 Å². The molecule has 1 aliphatic rings. The summed E-state index contributed by atoms with van der Waals surface area (Å²) >= 11 is 11.1. The molecule has 0 bridgehead atoms. The van der Waals surface area contributed by atoms with Gasteiger partial charge in [-0.1, -0.05) is 11.6 Å². The summed E-state index contributed by atoms with van der Waals surface area (Å²) in [6.07, 6.45) is 3.89. The molecule has 1 fully saturated rings. The van der Waals surface area contributed by atoms with Crippen LogP contribution in [0.5, 0.6) is 0 Å². The lowest BCUT2D eigenvalue weighted by molar-refractivity contribution is 0.1000. The monoisotopic (exact) mass is 307 g/mol. The molecule has 0 atom stereocenters. The molecule has 0 aromatic carbocycles. The van der Waals surface area contributed by atoms with Crippen molar-refractivity contribution in [2.75, 3.05) is 13.2 Å². The highest BCUT2D eigenvalue weighted by Gasteiger charge is 2.17. The molecule has 2 rings (SSSR count). The van der Waals surface area contributed by atoms with Crippen LogP contribution in [0.2, 0.25) is 5.02 Å². The lowest BCUT2D eigenvalue weighted by Crippen LogP contribution is -2.17. The lowest BCUT2D eigenvalue weighted by atomic mass is 10.2. The molecule has 0 saturated carbocycles. The Bertz CT molecular complexity index is 344. The molecule has 2 nitrogen and oxygen atoms in total. The molecule has 0 N–H and O–H groups in total. The Morgan fingerprint density at radius 3 is 2.87 bits per heavy atom. The summed E-state index contributed by atoms with van der Waals surface area (Å²) in [6.45, 7) is 1.73. The average Bonchev–Trinajstić information content (AvgIpc) is 2.24. The van der Waals surface area contributed by atoms with Gasteiger partial charge < -0.3 is 4.74 Å². The molecule has 5 heteroatoms. The molecule has 1 saturated heterocycles. The SMILES string of the molecule is Clc1cnc(SC2CCOCC2)c(Br)c1. The van der Waals surface area contributed by atoms with Gasteiger partial charge in [-0.3, -0.25) is 0 Å². The van der Waals surface area contributed by atoms with Crippen LogP contribution in [0.15, 0.2) is 21.8 Å². The Labute approximate surface area is 107 Å². The van der Waals surface area contributed by atoms with Gasteiger partial charge in [0.15, 0.2) is 0 Å². The molecule has 1 aromatic heterocycles. The summed E-state index contributed by atoms with van der Waals surface area (Å²) in [5.41, 5.74) is 0. The quantitative estimate of drug-likeness (QED) is 0.830. The van der Waals surface area contributed by atoms with E-state index in [0.717, 1.165) is 35.6 Å². The van der Waals surface area contributed by atoms with Gasteiger partial charge in [-0.25, -0.2) is 4.98 Å². The van der Waals surface area contributed by atoms with E-state index in [9.17, 15) is 0 Å². The van der Waals surface area contributed by atoms with E-state index in [0.29, 0.717) is 10.3 Å². The Balaban J connectivity index is 2.03. The summed E-state index contributed by atoms with van der Waals surface area (Å²) in [4.78, 5) is 4.32. The third kappa shape index (κ3) is 3.34. The summed E-state index contributed by atoms with van der Waals surface area (Å²) in [5, 5.41) is 2.30. The smallest absolute Gasteiger partial charge is 0.111 e. The fraction of sp³-hybridized carbons (Fsp3) is 0.500. The van der Waals surface area contributed by atoms with E-state index in [1.54, 1.807) is 18.0 Å². The molecule has 0 spiro atoms. The summed E-state index contributed by atoms with van der Waals surface area (Å²) in [6, 6.07) is 1.89. The van der Waals surface area contributed by atoms with Crippen molar-refractivity contribution in [1.29, 1.82) is 0 Å². The molecule has 0 radical (unpaired) electrons. The first-order valence-corrected chi connectivity index (χ1v) is 6.86. The van der Waals surface area contributed by atoms with Crippen molar-refractivity contribution in [3.05, 3.63) is 21.8 Å². The van der Waals surface area contributed by atoms with Gasteiger partial charge in [-0.05, 0) is 34.8 Å². The molecule has 0 aliphatic carbocycles. The van der Waals surface area contributed by atoms with E-state index in [4.69, 9.17) is 16.3 Å². The molecule has 1 aromatic rings. The van der Waals surface area contributed by atoms with Gasteiger partial charge >= 0.3 is 0 Å². The second kappa shape index (κ2) is 5.53. The highest BCUT2D eigenvalue weighted by atomic mass is 79.9. The van der Waals surface area contributed by atoms with Crippen LogP contribution in [0.1, 0.15) is 12.8 Å². The van der Waals surface area contributed by atoms with Crippen molar-refractivity contribution >= 4 is 39.3 Å².